The second kappa shape index (κ2) is 6.51. The van der Waals surface area contributed by atoms with Crippen LogP contribution in [0, 0.1) is 0 Å². The lowest BCUT2D eigenvalue weighted by molar-refractivity contribution is 0.0937. The van der Waals surface area contributed by atoms with E-state index in [0.717, 1.165) is 5.56 Å². The van der Waals surface area contributed by atoms with Crippen molar-refractivity contribution in [3.05, 3.63) is 70.3 Å². The Morgan fingerprint density at radius 2 is 2.00 bits per heavy atom. The molecule has 0 saturated carbocycles. The zero-order chi connectivity index (χ0) is 18.1. The van der Waals surface area contributed by atoms with Gasteiger partial charge in [-0.25, -0.2) is 4.98 Å². The Morgan fingerprint density at radius 3 is 2.85 bits per heavy atom. The minimum atomic E-state index is -0.469. The average Bonchev–Trinajstić information content (AvgIpc) is 2.68. The van der Waals surface area contributed by atoms with E-state index in [4.69, 9.17) is 9.47 Å². The number of carbonyl (C=O) groups excluding carboxylic acids is 1. The van der Waals surface area contributed by atoms with Crippen molar-refractivity contribution >= 4 is 11.6 Å². The highest BCUT2D eigenvalue weighted by Gasteiger charge is 2.18. The van der Waals surface area contributed by atoms with Crippen LogP contribution in [0.5, 0.6) is 11.5 Å². The standard InChI is InChI=1S/C19H17N3O4/c1-12(13-5-6-15-16(10-13)26-9-8-25-15)21-18(23)14-11-20-17-4-2-3-7-22(17)19(14)24/h2-7,10-12H,8-9H2,1H3,(H,21,23)/t12-/m1/s1. The Kier molecular flexibility index (Phi) is 4.04. The van der Waals surface area contributed by atoms with Crippen molar-refractivity contribution in [2.45, 2.75) is 13.0 Å². The van der Waals surface area contributed by atoms with Crippen molar-refractivity contribution in [3.8, 4) is 11.5 Å². The predicted molar refractivity (Wildman–Crippen MR) is 94.8 cm³/mol. The molecule has 7 nitrogen and oxygen atoms in total. The fourth-order valence-electron chi connectivity index (χ4n) is 2.87. The van der Waals surface area contributed by atoms with Crippen LogP contribution in [0.2, 0.25) is 0 Å². The molecule has 1 aromatic carbocycles. The smallest absolute Gasteiger partial charge is 0.270 e. The summed E-state index contributed by atoms with van der Waals surface area (Å²) in [6, 6.07) is 10.4. The monoisotopic (exact) mass is 351 g/mol. The van der Waals surface area contributed by atoms with Crippen LogP contribution < -0.4 is 20.3 Å². The highest BCUT2D eigenvalue weighted by atomic mass is 16.6. The zero-order valence-electron chi connectivity index (χ0n) is 14.1. The molecule has 26 heavy (non-hydrogen) atoms. The number of pyridine rings is 1. The summed E-state index contributed by atoms with van der Waals surface area (Å²) in [5.74, 6) is 0.876. The maximum atomic E-state index is 12.6. The average molecular weight is 351 g/mol. The van der Waals surface area contributed by atoms with Gasteiger partial charge >= 0.3 is 0 Å². The maximum Gasteiger partial charge on any atom is 0.270 e. The van der Waals surface area contributed by atoms with E-state index >= 15 is 0 Å². The number of carbonyl (C=O) groups is 1. The lowest BCUT2D eigenvalue weighted by Crippen LogP contribution is -2.33. The number of fused-ring (bicyclic) bond motifs is 2. The van der Waals surface area contributed by atoms with Gasteiger partial charge in [-0.15, -0.1) is 0 Å². The summed E-state index contributed by atoms with van der Waals surface area (Å²) in [5, 5.41) is 2.84. The summed E-state index contributed by atoms with van der Waals surface area (Å²) in [6.45, 7) is 2.86. The number of aromatic nitrogens is 2. The number of benzene rings is 1. The number of nitrogens with one attached hydrogen (secondary N) is 1. The highest BCUT2D eigenvalue weighted by molar-refractivity contribution is 5.94. The van der Waals surface area contributed by atoms with Crippen LogP contribution in [0.1, 0.15) is 28.9 Å². The molecule has 0 radical (unpaired) electrons. The van der Waals surface area contributed by atoms with E-state index in [1.807, 2.05) is 25.1 Å². The minimum Gasteiger partial charge on any atom is -0.486 e. The van der Waals surface area contributed by atoms with E-state index in [9.17, 15) is 9.59 Å². The molecule has 3 heterocycles. The zero-order valence-corrected chi connectivity index (χ0v) is 14.1. The molecule has 0 fully saturated rings. The van der Waals surface area contributed by atoms with Crippen LogP contribution in [0.25, 0.3) is 5.65 Å². The number of hydrogen-bond acceptors (Lipinski definition) is 5. The van der Waals surface area contributed by atoms with Gasteiger partial charge in [-0.05, 0) is 36.8 Å². The third-order valence-electron chi connectivity index (χ3n) is 4.27. The summed E-state index contributed by atoms with van der Waals surface area (Å²) in [4.78, 5) is 29.2. The molecular formula is C19H17N3O4. The Balaban J connectivity index is 1.58. The Labute approximate surface area is 149 Å². The molecule has 1 aliphatic rings. The second-order valence-corrected chi connectivity index (χ2v) is 6.00. The summed E-state index contributed by atoms with van der Waals surface area (Å²) in [7, 11) is 0. The molecule has 0 spiro atoms. The van der Waals surface area contributed by atoms with Crippen molar-refractivity contribution in [2.24, 2.45) is 0 Å². The fourth-order valence-corrected chi connectivity index (χ4v) is 2.87. The van der Waals surface area contributed by atoms with Crippen LogP contribution in [0.15, 0.2) is 53.6 Å². The van der Waals surface area contributed by atoms with E-state index < -0.39 is 11.5 Å². The first kappa shape index (κ1) is 16.1. The molecule has 2 aromatic heterocycles. The predicted octanol–water partition coefficient (Wildman–Crippen LogP) is 1.96. The quantitative estimate of drug-likeness (QED) is 0.780. The molecule has 0 bridgehead atoms. The molecule has 132 valence electrons. The topological polar surface area (TPSA) is 81.9 Å². The molecular weight excluding hydrogens is 334 g/mol. The first-order valence-electron chi connectivity index (χ1n) is 8.30. The van der Waals surface area contributed by atoms with Gasteiger partial charge in [0.1, 0.15) is 24.4 Å². The first-order valence-corrected chi connectivity index (χ1v) is 8.30. The van der Waals surface area contributed by atoms with E-state index in [1.54, 1.807) is 24.4 Å². The number of ether oxygens (including phenoxy) is 2. The van der Waals surface area contributed by atoms with E-state index in [-0.39, 0.29) is 11.6 Å². The molecule has 7 heteroatoms. The van der Waals surface area contributed by atoms with Gasteiger partial charge in [0, 0.05) is 12.4 Å². The second-order valence-electron chi connectivity index (χ2n) is 6.00. The van der Waals surface area contributed by atoms with Gasteiger partial charge in [-0.2, -0.15) is 0 Å². The molecule has 1 amide bonds. The number of amides is 1. The number of hydrogen-bond donors (Lipinski definition) is 1. The third kappa shape index (κ3) is 2.88. The van der Waals surface area contributed by atoms with Crippen molar-refractivity contribution in [3.63, 3.8) is 0 Å². The Bertz CT molecular complexity index is 1040. The van der Waals surface area contributed by atoms with E-state index in [0.29, 0.717) is 30.4 Å². The first-order chi connectivity index (χ1) is 12.6. The number of rotatable bonds is 3. The molecule has 3 aromatic rings. The van der Waals surface area contributed by atoms with Crippen LogP contribution >= 0.6 is 0 Å². The lowest BCUT2D eigenvalue weighted by Gasteiger charge is -2.21. The molecule has 1 atom stereocenters. The van der Waals surface area contributed by atoms with E-state index in [1.165, 1.54) is 10.6 Å². The van der Waals surface area contributed by atoms with Gasteiger partial charge < -0.3 is 14.8 Å². The van der Waals surface area contributed by atoms with Gasteiger partial charge in [0.15, 0.2) is 11.5 Å². The third-order valence-corrected chi connectivity index (χ3v) is 4.27. The van der Waals surface area contributed by atoms with Crippen LogP contribution in [-0.2, 0) is 0 Å². The van der Waals surface area contributed by atoms with Crippen LogP contribution in [0.4, 0.5) is 0 Å². The summed E-state index contributed by atoms with van der Waals surface area (Å²) in [6.07, 6.45) is 2.90. The largest absolute Gasteiger partial charge is 0.486 e. The normalized spacial score (nSPS) is 14.0. The summed E-state index contributed by atoms with van der Waals surface area (Å²) in [5.41, 5.74) is 0.950. The molecule has 1 N–H and O–H groups in total. The van der Waals surface area contributed by atoms with Crippen LogP contribution in [-0.4, -0.2) is 28.5 Å². The van der Waals surface area contributed by atoms with Gasteiger partial charge in [-0.3, -0.25) is 14.0 Å². The van der Waals surface area contributed by atoms with Crippen molar-refractivity contribution in [2.75, 3.05) is 13.2 Å². The minimum absolute atomic E-state index is 0.00177. The number of nitrogens with zero attached hydrogens (tertiary/aromatic N) is 2. The van der Waals surface area contributed by atoms with Crippen molar-refractivity contribution < 1.29 is 14.3 Å². The maximum absolute atomic E-state index is 12.6. The van der Waals surface area contributed by atoms with Crippen LogP contribution in [0.3, 0.4) is 0 Å². The van der Waals surface area contributed by atoms with Gasteiger partial charge in [0.25, 0.3) is 11.5 Å². The Hall–Kier alpha value is -3.35. The van der Waals surface area contributed by atoms with Gasteiger partial charge in [0.05, 0.1) is 6.04 Å². The molecule has 0 unspecified atom stereocenters. The molecule has 0 aliphatic carbocycles. The van der Waals surface area contributed by atoms with Gasteiger partial charge in [-0.1, -0.05) is 12.1 Å². The Morgan fingerprint density at radius 1 is 1.19 bits per heavy atom. The summed E-state index contributed by atoms with van der Waals surface area (Å²) >= 11 is 0. The molecule has 0 saturated heterocycles. The highest BCUT2D eigenvalue weighted by Crippen LogP contribution is 2.32. The van der Waals surface area contributed by atoms with Crippen molar-refractivity contribution in [1.82, 2.24) is 14.7 Å². The molecule has 1 aliphatic heterocycles. The fraction of sp³-hybridized carbons (Fsp3) is 0.211. The molecule has 4 rings (SSSR count). The van der Waals surface area contributed by atoms with Gasteiger partial charge in [0.2, 0.25) is 0 Å². The van der Waals surface area contributed by atoms with E-state index in [2.05, 4.69) is 10.3 Å². The summed E-state index contributed by atoms with van der Waals surface area (Å²) < 4.78 is 12.4. The SMILES string of the molecule is C[C@@H](NC(=O)c1cnc2ccccn2c1=O)c1ccc2c(c1)OCCO2. The van der Waals surface area contributed by atoms with Crippen molar-refractivity contribution in [1.29, 1.82) is 0 Å². The lowest BCUT2D eigenvalue weighted by atomic mass is 10.1.